The van der Waals surface area contributed by atoms with Crippen LogP contribution in [0.1, 0.15) is 21.5 Å². The highest BCUT2D eigenvalue weighted by molar-refractivity contribution is 9.11. The monoisotopic (exact) mass is 414 g/mol. The molecule has 2 nitrogen and oxygen atoms in total. The number of rotatable bonds is 2. The van der Waals surface area contributed by atoms with Crippen molar-refractivity contribution in [3.05, 3.63) is 57.3 Å². The molecular weight excluding hydrogens is 403 g/mol. The summed E-state index contributed by atoms with van der Waals surface area (Å²) in [6.07, 6.45) is 0. The Morgan fingerprint density at radius 1 is 1.05 bits per heavy atom. The van der Waals surface area contributed by atoms with E-state index < -0.39 is 0 Å². The van der Waals surface area contributed by atoms with Crippen LogP contribution in [0.4, 0.5) is 4.39 Å². The van der Waals surface area contributed by atoms with Crippen LogP contribution in [-0.4, -0.2) is 13.2 Å². The summed E-state index contributed by atoms with van der Waals surface area (Å²) in [5.41, 5.74) is 2.40. The molecule has 0 fully saturated rings. The largest absolute Gasteiger partial charge is 0.486 e. The van der Waals surface area contributed by atoms with Gasteiger partial charge in [-0.1, -0.05) is 44.0 Å². The van der Waals surface area contributed by atoms with Crippen LogP contribution in [-0.2, 0) is 0 Å². The Kier molecular flexibility index (Phi) is 4.22. The lowest BCUT2D eigenvalue weighted by Gasteiger charge is -2.21. The van der Waals surface area contributed by atoms with E-state index >= 15 is 0 Å². The van der Waals surface area contributed by atoms with Gasteiger partial charge in [-0.2, -0.15) is 0 Å². The second-order valence-corrected chi connectivity index (χ2v) is 6.67. The first kappa shape index (κ1) is 14.9. The van der Waals surface area contributed by atoms with Crippen molar-refractivity contribution in [3.63, 3.8) is 0 Å². The molecule has 1 atom stereocenters. The van der Waals surface area contributed by atoms with Crippen molar-refractivity contribution in [2.45, 2.75) is 11.8 Å². The first-order valence-electron chi connectivity index (χ1n) is 6.55. The number of aryl methyl sites for hydroxylation is 1. The molecule has 2 aromatic carbocycles. The number of hydrogen-bond donors (Lipinski definition) is 0. The molecule has 3 rings (SSSR count). The van der Waals surface area contributed by atoms with Gasteiger partial charge >= 0.3 is 0 Å². The molecule has 0 aliphatic carbocycles. The third kappa shape index (κ3) is 2.94. The molecule has 5 heteroatoms. The van der Waals surface area contributed by atoms with Crippen molar-refractivity contribution in [3.8, 4) is 11.5 Å². The van der Waals surface area contributed by atoms with Gasteiger partial charge in [-0.05, 0) is 36.2 Å². The molecule has 1 aliphatic rings. The number of ether oxygens (including phenoxy) is 2. The number of alkyl halides is 1. The second-order valence-electron chi connectivity index (χ2n) is 4.90. The molecule has 1 unspecified atom stereocenters. The van der Waals surface area contributed by atoms with Crippen LogP contribution in [0.5, 0.6) is 11.5 Å². The summed E-state index contributed by atoms with van der Waals surface area (Å²) in [5.74, 6) is 1.18. The minimum absolute atomic E-state index is 0.223. The van der Waals surface area contributed by atoms with E-state index in [0.717, 1.165) is 15.6 Å². The Balaban J connectivity index is 2.03. The fraction of sp³-hybridized carbons (Fsp3) is 0.250. The molecule has 110 valence electrons. The zero-order valence-electron chi connectivity index (χ0n) is 11.3. The maximum absolute atomic E-state index is 14.2. The van der Waals surface area contributed by atoms with E-state index in [1.165, 1.54) is 6.07 Å². The number of fused-ring (bicyclic) bond motifs is 1. The highest BCUT2D eigenvalue weighted by atomic mass is 79.9. The Hall–Kier alpha value is -1.07. The predicted molar refractivity (Wildman–Crippen MR) is 87.0 cm³/mol. The Morgan fingerprint density at radius 3 is 2.38 bits per heavy atom. The summed E-state index contributed by atoms with van der Waals surface area (Å²) >= 11 is 7.11. The van der Waals surface area contributed by atoms with Gasteiger partial charge in [-0.3, -0.25) is 0 Å². The summed E-state index contributed by atoms with van der Waals surface area (Å²) in [5, 5.41) is 0. The van der Waals surface area contributed by atoms with Crippen molar-refractivity contribution >= 4 is 31.9 Å². The van der Waals surface area contributed by atoms with Gasteiger partial charge in [0, 0.05) is 10.0 Å². The highest BCUT2D eigenvalue weighted by Gasteiger charge is 2.22. The first-order valence-corrected chi connectivity index (χ1v) is 8.26. The van der Waals surface area contributed by atoms with Crippen LogP contribution in [0.3, 0.4) is 0 Å². The smallest absolute Gasteiger partial charge is 0.162 e. The van der Waals surface area contributed by atoms with Gasteiger partial charge in [0.2, 0.25) is 0 Å². The van der Waals surface area contributed by atoms with Crippen LogP contribution in [0.2, 0.25) is 0 Å². The van der Waals surface area contributed by atoms with E-state index in [-0.39, 0.29) is 10.6 Å². The maximum atomic E-state index is 14.2. The van der Waals surface area contributed by atoms with E-state index in [9.17, 15) is 4.39 Å². The molecule has 1 heterocycles. The molecular formula is C16H13Br2FO2. The summed E-state index contributed by atoms with van der Waals surface area (Å²) in [6.45, 7) is 2.94. The van der Waals surface area contributed by atoms with Crippen molar-refractivity contribution in [2.75, 3.05) is 13.2 Å². The normalized spacial score (nSPS) is 14.9. The van der Waals surface area contributed by atoms with E-state index in [0.29, 0.717) is 30.3 Å². The molecule has 0 aromatic heterocycles. The first-order chi connectivity index (χ1) is 10.1. The van der Waals surface area contributed by atoms with Gasteiger partial charge < -0.3 is 9.47 Å². The van der Waals surface area contributed by atoms with Gasteiger partial charge in [-0.15, -0.1) is 0 Å². The van der Waals surface area contributed by atoms with Gasteiger partial charge in [0.25, 0.3) is 0 Å². The van der Waals surface area contributed by atoms with Gasteiger partial charge in [0.1, 0.15) is 19.0 Å². The molecule has 0 saturated heterocycles. The molecule has 0 radical (unpaired) electrons. The molecule has 0 N–H and O–H groups in total. The highest BCUT2D eigenvalue weighted by Crippen LogP contribution is 2.43. The van der Waals surface area contributed by atoms with Crippen LogP contribution in [0.15, 0.2) is 34.8 Å². The minimum Gasteiger partial charge on any atom is -0.486 e. The van der Waals surface area contributed by atoms with Crippen LogP contribution < -0.4 is 9.47 Å². The minimum atomic E-state index is -0.261. The van der Waals surface area contributed by atoms with Crippen LogP contribution >= 0.6 is 31.9 Å². The quantitative estimate of drug-likeness (QED) is 0.631. The molecule has 2 aromatic rings. The average molecular weight is 416 g/mol. The summed E-state index contributed by atoms with van der Waals surface area (Å²) in [6, 6.07) is 8.99. The topological polar surface area (TPSA) is 18.5 Å². The number of halogens is 3. The Morgan fingerprint density at radius 2 is 1.71 bits per heavy atom. The molecule has 0 amide bonds. The van der Waals surface area contributed by atoms with E-state index in [2.05, 4.69) is 31.9 Å². The zero-order chi connectivity index (χ0) is 15.0. The molecule has 0 bridgehead atoms. The third-order valence-electron chi connectivity index (χ3n) is 3.36. The summed E-state index contributed by atoms with van der Waals surface area (Å²) in [4.78, 5) is -0.261. The molecule has 0 saturated carbocycles. The van der Waals surface area contributed by atoms with E-state index in [4.69, 9.17) is 9.47 Å². The van der Waals surface area contributed by atoms with E-state index in [1.807, 2.05) is 25.1 Å². The maximum Gasteiger partial charge on any atom is 0.162 e. The Bertz CT molecular complexity index is 688. The summed E-state index contributed by atoms with van der Waals surface area (Å²) < 4.78 is 26.1. The standard InChI is InChI=1S/C16H13Br2FO2/c1-9-2-3-10(13(19)6-9)16(18)11-7-14-15(8-12(11)17)21-5-4-20-14/h2-3,6-8,16H,4-5H2,1H3. The lowest BCUT2D eigenvalue weighted by molar-refractivity contribution is 0.171. The second kappa shape index (κ2) is 5.97. The van der Waals surface area contributed by atoms with Crippen molar-refractivity contribution in [2.24, 2.45) is 0 Å². The van der Waals surface area contributed by atoms with Gasteiger partial charge in [0.15, 0.2) is 11.5 Å². The zero-order valence-corrected chi connectivity index (χ0v) is 14.5. The molecule has 0 spiro atoms. The lowest BCUT2D eigenvalue weighted by atomic mass is 10.0. The number of hydrogen-bond acceptors (Lipinski definition) is 2. The van der Waals surface area contributed by atoms with Crippen LogP contribution in [0.25, 0.3) is 0 Å². The lowest BCUT2D eigenvalue weighted by Crippen LogP contribution is -2.15. The predicted octanol–water partition coefficient (Wildman–Crippen LogP) is 5.15. The van der Waals surface area contributed by atoms with Gasteiger partial charge in [-0.25, -0.2) is 4.39 Å². The Labute approximate surface area is 139 Å². The average Bonchev–Trinajstić information content (AvgIpc) is 2.46. The van der Waals surface area contributed by atoms with Crippen LogP contribution in [0, 0.1) is 12.7 Å². The van der Waals surface area contributed by atoms with Crippen molar-refractivity contribution in [1.29, 1.82) is 0 Å². The fourth-order valence-electron chi connectivity index (χ4n) is 2.28. The van der Waals surface area contributed by atoms with Crippen molar-refractivity contribution in [1.82, 2.24) is 0 Å². The van der Waals surface area contributed by atoms with Gasteiger partial charge in [0.05, 0.1) is 4.83 Å². The number of benzene rings is 2. The van der Waals surface area contributed by atoms with E-state index in [1.54, 1.807) is 6.07 Å². The SMILES string of the molecule is Cc1ccc(C(Br)c2cc3c(cc2Br)OCCO3)c(F)c1. The molecule has 21 heavy (non-hydrogen) atoms. The summed E-state index contributed by atoms with van der Waals surface area (Å²) in [7, 11) is 0. The molecule has 1 aliphatic heterocycles. The fourth-order valence-corrected chi connectivity index (χ4v) is 3.89. The third-order valence-corrected chi connectivity index (χ3v) is 5.04. The van der Waals surface area contributed by atoms with Crippen molar-refractivity contribution < 1.29 is 13.9 Å².